The van der Waals surface area contributed by atoms with Gasteiger partial charge in [-0.25, -0.2) is 9.18 Å². The smallest absolute Gasteiger partial charge is 0.320 e. The zero-order chi connectivity index (χ0) is 17.4. The van der Waals surface area contributed by atoms with Crippen LogP contribution in [0.15, 0.2) is 24.3 Å². The second-order valence-electron chi connectivity index (χ2n) is 7.93. The first-order chi connectivity index (χ1) is 12.2. The van der Waals surface area contributed by atoms with Gasteiger partial charge >= 0.3 is 6.03 Å². The van der Waals surface area contributed by atoms with Gasteiger partial charge in [0.2, 0.25) is 0 Å². The molecule has 4 atom stereocenters. The Morgan fingerprint density at radius 2 is 1.80 bits per heavy atom. The normalized spacial score (nSPS) is 32.1. The predicted octanol–water partition coefficient (Wildman–Crippen LogP) is 3.36. The largest absolute Gasteiger partial charge is 0.396 e. The van der Waals surface area contributed by atoms with Crippen molar-refractivity contribution in [3.05, 3.63) is 35.6 Å². The quantitative estimate of drug-likeness (QED) is 0.892. The first-order valence-electron chi connectivity index (χ1n) is 9.59. The molecule has 3 saturated heterocycles. The Morgan fingerprint density at radius 3 is 2.44 bits per heavy atom. The Morgan fingerprint density at radius 1 is 1.12 bits per heavy atom. The van der Waals surface area contributed by atoms with Crippen LogP contribution < -0.4 is 0 Å². The van der Waals surface area contributed by atoms with Gasteiger partial charge in [0.05, 0.1) is 0 Å². The number of aliphatic hydroxyl groups is 1. The molecule has 0 aromatic heterocycles. The molecule has 2 amide bonds. The molecule has 1 aromatic rings. The van der Waals surface area contributed by atoms with Gasteiger partial charge in [-0.15, -0.1) is 0 Å². The number of piperidine rings is 2. The molecule has 25 heavy (non-hydrogen) atoms. The second kappa shape index (κ2) is 6.94. The summed E-state index contributed by atoms with van der Waals surface area (Å²) < 4.78 is 13.2. The van der Waals surface area contributed by atoms with Crippen molar-refractivity contribution in [2.24, 2.45) is 5.92 Å². The van der Waals surface area contributed by atoms with E-state index in [2.05, 4.69) is 4.90 Å². The fourth-order valence-corrected chi connectivity index (χ4v) is 5.05. The Labute approximate surface area is 148 Å². The third-order valence-electron chi connectivity index (χ3n) is 6.34. The Balaban J connectivity index is 1.45. The predicted molar refractivity (Wildman–Crippen MR) is 93.8 cm³/mol. The summed E-state index contributed by atoms with van der Waals surface area (Å²) in [4.78, 5) is 17.2. The number of fused-ring (bicyclic) bond motifs is 2. The Kier molecular flexibility index (Phi) is 4.67. The van der Waals surface area contributed by atoms with Crippen molar-refractivity contribution in [2.75, 3.05) is 19.7 Å². The van der Waals surface area contributed by atoms with Crippen LogP contribution in [0, 0.1) is 11.7 Å². The molecule has 3 heterocycles. The van der Waals surface area contributed by atoms with Gasteiger partial charge in [-0.1, -0.05) is 12.1 Å². The molecule has 136 valence electrons. The molecule has 3 aliphatic heterocycles. The summed E-state index contributed by atoms with van der Waals surface area (Å²) in [6.45, 7) is 1.67. The van der Waals surface area contributed by atoms with Crippen LogP contribution in [0.25, 0.3) is 0 Å². The van der Waals surface area contributed by atoms with Gasteiger partial charge in [0.1, 0.15) is 5.82 Å². The van der Waals surface area contributed by atoms with Gasteiger partial charge in [-0.3, -0.25) is 0 Å². The molecule has 2 bridgehead atoms. The first kappa shape index (κ1) is 16.8. The molecular weight excluding hydrogens is 319 g/mol. The summed E-state index contributed by atoms with van der Waals surface area (Å²) in [5.41, 5.74) is 1.20. The van der Waals surface area contributed by atoms with Crippen LogP contribution in [0.5, 0.6) is 0 Å². The van der Waals surface area contributed by atoms with E-state index in [-0.39, 0.29) is 24.4 Å². The third kappa shape index (κ3) is 3.26. The summed E-state index contributed by atoms with van der Waals surface area (Å²) in [6.07, 6.45) is 6.10. The molecule has 3 fully saturated rings. The van der Waals surface area contributed by atoms with Crippen LogP contribution in [-0.4, -0.2) is 52.7 Å². The van der Waals surface area contributed by atoms with Crippen LogP contribution in [0.3, 0.4) is 0 Å². The minimum Gasteiger partial charge on any atom is -0.396 e. The molecule has 5 heteroatoms. The van der Waals surface area contributed by atoms with Crippen LogP contribution in [0.2, 0.25) is 0 Å². The lowest BCUT2D eigenvalue weighted by molar-refractivity contribution is 0.0792. The van der Waals surface area contributed by atoms with Crippen LogP contribution in [0.4, 0.5) is 9.18 Å². The van der Waals surface area contributed by atoms with Gasteiger partial charge in [0.25, 0.3) is 0 Å². The number of amides is 2. The summed E-state index contributed by atoms with van der Waals surface area (Å²) in [5, 5.41) is 9.42. The van der Waals surface area contributed by atoms with Gasteiger partial charge in [0.15, 0.2) is 0 Å². The fourth-order valence-electron chi connectivity index (χ4n) is 5.05. The number of urea groups is 1. The summed E-state index contributed by atoms with van der Waals surface area (Å²) in [5.74, 6) is 0.462. The van der Waals surface area contributed by atoms with Crippen molar-refractivity contribution in [3.63, 3.8) is 0 Å². The van der Waals surface area contributed by atoms with E-state index < -0.39 is 0 Å². The third-order valence-corrected chi connectivity index (χ3v) is 6.34. The lowest BCUT2D eigenvalue weighted by Crippen LogP contribution is -2.54. The number of hydrogen-bond donors (Lipinski definition) is 1. The molecule has 0 spiro atoms. The highest BCUT2D eigenvalue weighted by molar-refractivity contribution is 5.76. The molecule has 0 saturated carbocycles. The van der Waals surface area contributed by atoms with Gasteiger partial charge < -0.3 is 14.9 Å². The van der Waals surface area contributed by atoms with E-state index in [0.717, 1.165) is 45.1 Å². The van der Waals surface area contributed by atoms with Gasteiger partial charge in [-0.05, 0) is 68.1 Å². The number of halogens is 1. The second-order valence-corrected chi connectivity index (χ2v) is 7.93. The van der Waals surface area contributed by atoms with E-state index in [4.69, 9.17) is 0 Å². The number of carbonyl (C=O) groups is 1. The zero-order valence-corrected chi connectivity index (χ0v) is 14.6. The number of rotatable bonds is 2. The van der Waals surface area contributed by atoms with Gasteiger partial charge in [0, 0.05) is 31.8 Å². The highest BCUT2D eigenvalue weighted by atomic mass is 19.1. The number of likely N-dealkylation sites (tertiary alicyclic amines) is 1. The number of benzene rings is 1. The maximum absolute atomic E-state index is 13.2. The zero-order valence-electron chi connectivity index (χ0n) is 14.6. The Bertz CT molecular complexity index is 607. The van der Waals surface area contributed by atoms with E-state index >= 15 is 0 Å². The molecule has 0 radical (unpaired) electrons. The monoisotopic (exact) mass is 346 g/mol. The number of hydrogen-bond acceptors (Lipinski definition) is 2. The minimum atomic E-state index is -0.192. The first-order valence-corrected chi connectivity index (χ1v) is 9.59. The van der Waals surface area contributed by atoms with Crippen molar-refractivity contribution in [3.8, 4) is 0 Å². The molecule has 0 aliphatic carbocycles. The molecule has 1 aromatic carbocycles. The summed E-state index contributed by atoms with van der Waals surface area (Å²) in [7, 11) is 0. The molecule has 1 N–H and O–H groups in total. The number of aliphatic hydroxyl groups excluding tert-OH is 1. The minimum absolute atomic E-state index is 0.170. The van der Waals surface area contributed by atoms with Crippen LogP contribution in [-0.2, 0) is 0 Å². The molecule has 4 rings (SSSR count). The fraction of sp³-hybridized carbons (Fsp3) is 0.650. The lowest BCUT2D eigenvalue weighted by Gasteiger charge is -2.43. The van der Waals surface area contributed by atoms with E-state index in [1.54, 1.807) is 0 Å². The van der Waals surface area contributed by atoms with E-state index in [9.17, 15) is 14.3 Å². The highest BCUT2D eigenvalue weighted by Gasteiger charge is 2.45. The van der Waals surface area contributed by atoms with E-state index in [0.29, 0.717) is 24.5 Å². The van der Waals surface area contributed by atoms with Crippen molar-refractivity contribution < 1.29 is 14.3 Å². The van der Waals surface area contributed by atoms with Crippen LogP contribution >= 0.6 is 0 Å². The van der Waals surface area contributed by atoms with Crippen molar-refractivity contribution in [2.45, 2.75) is 56.5 Å². The average molecular weight is 346 g/mol. The highest BCUT2D eigenvalue weighted by Crippen LogP contribution is 2.43. The molecule has 2 unspecified atom stereocenters. The summed E-state index contributed by atoms with van der Waals surface area (Å²) >= 11 is 0. The average Bonchev–Trinajstić information content (AvgIpc) is 2.91. The SMILES string of the molecule is O=C(N1CCCC(CO)C1)N1[C@@H]2CC[C@H]1CC(c1ccc(F)cc1)C2. The van der Waals surface area contributed by atoms with E-state index in [1.165, 1.54) is 17.7 Å². The summed E-state index contributed by atoms with van der Waals surface area (Å²) in [6, 6.07) is 7.64. The molecule has 3 aliphatic rings. The van der Waals surface area contributed by atoms with Gasteiger partial charge in [-0.2, -0.15) is 0 Å². The standard InChI is InChI=1S/C20H27FN2O2/c21-17-5-3-15(4-6-17)16-10-18-7-8-19(11-16)23(18)20(25)22-9-1-2-14(12-22)13-24/h3-6,14,16,18-19,24H,1-2,7-13H2/t14?,16?,18-,19+. The van der Waals surface area contributed by atoms with Crippen molar-refractivity contribution in [1.82, 2.24) is 9.80 Å². The molecular formula is C20H27FN2O2. The van der Waals surface area contributed by atoms with Crippen molar-refractivity contribution in [1.29, 1.82) is 0 Å². The maximum Gasteiger partial charge on any atom is 0.320 e. The van der Waals surface area contributed by atoms with Crippen LogP contribution in [0.1, 0.15) is 50.0 Å². The van der Waals surface area contributed by atoms with Crippen molar-refractivity contribution >= 4 is 6.03 Å². The number of nitrogens with zero attached hydrogens (tertiary/aromatic N) is 2. The Hall–Kier alpha value is -1.62. The van der Waals surface area contributed by atoms with E-state index in [1.807, 2.05) is 17.0 Å². The number of carbonyl (C=O) groups excluding carboxylic acids is 1. The molecule has 4 nitrogen and oxygen atoms in total. The maximum atomic E-state index is 13.2. The topological polar surface area (TPSA) is 43.8 Å². The lowest BCUT2D eigenvalue weighted by atomic mass is 9.85.